The van der Waals surface area contributed by atoms with E-state index in [0.717, 1.165) is 5.56 Å². The second-order valence-electron chi connectivity index (χ2n) is 7.01. The number of rotatable bonds is 9. The van der Waals surface area contributed by atoms with Gasteiger partial charge in [-0.15, -0.1) is 0 Å². The fraction of sp³-hybridized carbons (Fsp3) is 0.208. The van der Waals surface area contributed by atoms with Crippen molar-refractivity contribution in [2.24, 2.45) is 0 Å². The Bertz CT molecular complexity index is 1040. The Morgan fingerprint density at radius 2 is 1.26 bits per heavy atom. The molecule has 162 valence electrons. The van der Waals surface area contributed by atoms with E-state index in [1.165, 1.54) is 0 Å². The summed E-state index contributed by atoms with van der Waals surface area (Å²) in [5.74, 6) is -5.84. The number of hydrogen-bond donors (Lipinski definition) is 1. The molecule has 3 aromatic carbocycles. The second-order valence-corrected chi connectivity index (χ2v) is 7.01. The van der Waals surface area contributed by atoms with Crippen molar-refractivity contribution in [2.45, 2.75) is 33.2 Å². The molecule has 1 N–H and O–H groups in total. The van der Waals surface area contributed by atoms with Gasteiger partial charge in [0, 0.05) is 0 Å². The third kappa shape index (κ3) is 5.31. The lowest BCUT2D eigenvalue weighted by molar-refractivity contribution is 0.0681. The summed E-state index contributed by atoms with van der Waals surface area (Å²) in [7, 11) is 0. The predicted molar refractivity (Wildman–Crippen MR) is 111 cm³/mol. The average Bonchev–Trinajstić information content (AvgIpc) is 2.75. The molecule has 31 heavy (non-hydrogen) atoms. The molecule has 7 heteroatoms. The maximum Gasteiger partial charge on any atom is 0.342 e. The molecule has 0 spiro atoms. The second kappa shape index (κ2) is 9.93. The summed E-state index contributed by atoms with van der Waals surface area (Å²) in [6.45, 7) is 3.16. The summed E-state index contributed by atoms with van der Waals surface area (Å²) in [6, 6.07) is 17.9. The summed E-state index contributed by atoms with van der Waals surface area (Å²) >= 11 is 0. The monoisotopic (exact) mass is 428 g/mol. The zero-order valence-corrected chi connectivity index (χ0v) is 17.1. The lowest BCUT2D eigenvalue weighted by Gasteiger charge is -2.21. The summed E-state index contributed by atoms with van der Waals surface area (Å²) in [4.78, 5) is 11.6. The summed E-state index contributed by atoms with van der Waals surface area (Å²) in [5, 5.41) is 9.38. The summed E-state index contributed by atoms with van der Waals surface area (Å²) < 4.78 is 46.9. The van der Waals surface area contributed by atoms with Crippen LogP contribution in [0.25, 0.3) is 0 Å². The van der Waals surface area contributed by atoms with Crippen molar-refractivity contribution in [3.8, 4) is 17.2 Å². The number of carboxylic acids is 1. The molecular formula is C24H22F2O5. The Labute approximate surface area is 178 Å². The molecule has 0 saturated heterocycles. The smallest absolute Gasteiger partial charge is 0.342 e. The zero-order chi connectivity index (χ0) is 22.4. The zero-order valence-electron chi connectivity index (χ0n) is 17.1. The van der Waals surface area contributed by atoms with Gasteiger partial charge in [-0.1, -0.05) is 60.7 Å². The van der Waals surface area contributed by atoms with E-state index in [4.69, 9.17) is 14.2 Å². The van der Waals surface area contributed by atoms with Crippen LogP contribution >= 0.6 is 0 Å². The van der Waals surface area contributed by atoms with Gasteiger partial charge in [0.15, 0.2) is 11.6 Å². The van der Waals surface area contributed by atoms with Gasteiger partial charge in [-0.05, 0) is 25.0 Å². The number of aromatic carboxylic acids is 1. The molecule has 0 bridgehead atoms. The first kappa shape index (κ1) is 22.1. The van der Waals surface area contributed by atoms with Gasteiger partial charge in [0.2, 0.25) is 17.2 Å². The van der Waals surface area contributed by atoms with Crippen LogP contribution in [0.3, 0.4) is 0 Å². The molecule has 0 aromatic heterocycles. The first-order valence-electron chi connectivity index (χ1n) is 9.66. The highest BCUT2D eigenvalue weighted by atomic mass is 19.1. The fourth-order valence-electron chi connectivity index (χ4n) is 2.87. The van der Waals surface area contributed by atoms with Crippen LogP contribution < -0.4 is 14.2 Å². The average molecular weight is 428 g/mol. The first-order chi connectivity index (χ1) is 14.9. The molecule has 0 unspecified atom stereocenters. The normalized spacial score (nSPS) is 10.7. The number of hydrogen-bond acceptors (Lipinski definition) is 4. The van der Waals surface area contributed by atoms with Crippen molar-refractivity contribution in [2.75, 3.05) is 0 Å². The van der Waals surface area contributed by atoms with Crippen LogP contribution in [0.2, 0.25) is 0 Å². The number of carboxylic acid groups (broad SMARTS) is 1. The van der Waals surface area contributed by atoms with Crippen molar-refractivity contribution >= 4 is 5.97 Å². The molecule has 3 aromatic rings. The van der Waals surface area contributed by atoms with Gasteiger partial charge in [-0.3, -0.25) is 0 Å². The van der Waals surface area contributed by atoms with Gasteiger partial charge in [0.1, 0.15) is 18.8 Å². The highest BCUT2D eigenvalue weighted by Gasteiger charge is 2.32. The van der Waals surface area contributed by atoms with Crippen LogP contribution in [0.1, 0.15) is 35.3 Å². The van der Waals surface area contributed by atoms with Crippen molar-refractivity contribution in [3.05, 3.63) is 89.0 Å². The molecule has 0 saturated carbocycles. The minimum Gasteiger partial charge on any atom is -0.484 e. The quantitative estimate of drug-likeness (QED) is 0.480. The van der Waals surface area contributed by atoms with E-state index in [2.05, 4.69) is 0 Å². The van der Waals surface area contributed by atoms with Crippen molar-refractivity contribution in [1.29, 1.82) is 0 Å². The van der Waals surface area contributed by atoms with E-state index in [9.17, 15) is 14.3 Å². The third-order valence-electron chi connectivity index (χ3n) is 4.27. The van der Waals surface area contributed by atoms with Crippen LogP contribution in [-0.2, 0) is 13.2 Å². The Kier molecular flexibility index (Phi) is 7.07. The summed E-state index contributed by atoms with van der Waals surface area (Å²) in [6.07, 6.45) is -0.525. The van der Waals surface area contributed by atoms with Gasteiger partial charge < -0.3 is 19.3 Å². The molecule has 0 aliphatic carbocycles. The number of benzene rings is 3. The number of ether oxygens (including phenoxy) is 3. The Morgan fingerprint density at radius 3 is 1.71 bits per heavy atom. The lowest BCUT2D eigenvalue weighted by Crippen LogP contribution is -2.15. The molecule has 3 rings (SSSR count). The van der Waals surface area contributed by atoms with E-state index in [0.29, 0.717) is 5.56 Å². The molecular weight excluding hydrogens is 406 g/mol. The maximum atomic E-state index is 15.1. The SMILES string of the molecule is CC(C)Oc1c(F)c(C(=O)O)c(F)c(OCc2ccccc2)c1OCc1ccccc1. The van der Waals surface area contributed by atoms with Crippen molar-refractivity contribution < 1.29 is 32.9 Å². The molecule has 0 amide bonds. The van der Waals surface area contributed by atoms with Crippen LogP contribution in [0.4, 0.5) is 8.78 Å². The van der Waals surface area contributed by atoms with E-state index in [-0.39, 0.29) is 19.0 Å². The largest absolute Gasteiger partial charge is 0.484 e. The van der Waals surface area contributed by atoms with Crippen LogP contribution in [0.5, 0.6) is 17.2 Å². The standard InChI is InChI=1S/C24H22F2O5/c1-15(2)31-22-20(26)18(24(27)28)19(25)21(29-13-16-9-5-3-6-10-16)23(22)30-14-17-11-7-4-8-12-17/h3-12,15H,13-14H2,1-2H3,(H,27,28). The Hall–Kier alpha value is -3.61. The van der Waals surface area contributed by atoms with Crippen molar-refractivity contribution in [1.82, 2.24) is 0 Å². The van der Waals surface area contributed by atoms with Gasteiger partial charge in [-0.2, -0.15) is 0 Å². The maximum absolute atomic E-state index is 15.1. The molecule has 0 aliphatic heterocycles. The van der Waals surface area contributed by atoms with E-state index in [1.807, 2.05) is 12.1 Å². The van der Waals surface area contributed by atoms with Gasteiger partial charge in [-0.25, -0.2) is 13.6 Å². The predicted octanol–water partition coefficient (Wildman–Crippen LogP) is 5.61. The Morgan fingerprint density at radius 1 is 0.806 bits per heavy atom. The highest BCUT2D eigenvalue weighted by Crippen LogP contribution is 2.45. The minimum atomic E-state index is -1.78. The molecule has 0 aliphatic rings. The first-order valence-corrected chi connectivity index (χ1v) is 9.66. The minimum absolute atomic E-state index is 0.0255. The van der Waals surface area contributed by atoms with E-state index in [1.54, 1.807) is 62.4 Å². The Balaban J connectivity index is 2.08. The molecule has 5 nitrogen and oxygen atoms in total. The summed E-state index contributed by atoms with van der Waals surface area (Å²) in [5.41, 5.74) is 0.296. The van der Waals surface area contributed by atoms with Crippen molar-refractivity contribution in [3.63, 3.8) is 0 Å². The van der Waals surface area contributed by atoms with Gasteiger partial charge in [0.25, 0.3) is 0 Å². The van der Waals surface area contributed by atoms with Gasteiger partial charge >= 0.3 is 5.97 Å². The van der Waals surface area contributed by atoms with Gasteiger partial charge in [0.05, 0.1) is 6.10 Å². The molecule has 0 fully saturated rings. The highest BCUT2D eigenvalue weighted by molar-refractivity contribution is 5.90. The van der Waals surface area contributed by atoms with E-state index >= 15 is 4.39 Å². The molecule has 0 radical (unpaired) electrons. The fourth-order valence-corrected chi connectivity index (χ4v) is 2.87. The number of carbonyl (C=O) groups is 1. The number of halogens is 2. The molecule has 0 heterocycles. The topological polar surface area (TPSA) is 65.0 Å². The van der Waals surface area contributed by atoms with Crippen LogP contribution in [0.15, 0.2) is 60.7 Å². The van der Waals surface area contributed by atoms with E-state index < -0.39 is 40.8 Å². The van der Waals surface area contributed by atoms with Crippen LogP contribution in [0, 0.1) is 11.6 Å². The van der Waals surface area contributed by atoms with Crippen LogP contribution in [-0.4, -0.2) is 17.2 Å². The third-order valence-corrected chi connectivity index (χ3v) is 4.27. The molecule has 0 atom stereocenters. The lowest BCUT2D eigenvalue weighted by atomic mass is 10.1.